The maximum Gasteiger partial charge on any atom is 0.160 e. The van der Waals surface area contributed by atoms with Crippen molar-refractivity contribution in [2.45, 2.75) is 6.54 Å². The van der Waals surface area contributed by atoms with Crippen LogP contribution in [0, 0.1) is 0 Å². The van der Waals surface area contributed by atoms with E-state index in [0.717, 1.165) is 27.7 Å². The first-order valence-corrected chi connectivity index (χ1v) is 6.39. The number of nitrogens with zero attached hydrogens (tertiary/aromatic N) is 1. The van der Waals surface area contributed by atoms with Gasteiger partial charge in [0.25, 0.3) is 0 Å². The van der Waals surface area contributed by atoms with E-state index in [0.29, 0.717) is 0 Å². The summed E-state index contributed by atoms with van der Waals surface area (Å²) in [6.07, 6.45) is 0.879. The summed E-state index contributed by atoms with van der Waals surface area (Å²) < 4.78 is 0. The lowest BCUT2D eigenvalue weighted by Crippen LogP contribution is -2.14. The molecule has 0 amide bonds. The lowest BCUT2D eigenvalue weighted by Gasteiger charge is -2.16. The number of carbonyl (C=O) groups excluding carboxylic acids is 1. The first-order chi connectivity index (χ1) is 8.19. The standard InChI is InChI=1S/C13H12ClNOS/c1-15(13-7-6-12(9-16)17-13)8-10-2-4-11(14)5-3-10/h2-7,9H,8H2,1H3. The van der Waals surface area contributed by atoms with Crippen LogP contribution in [0.15, 0.2) is 36.4 Å². The predicted molar refractivity (Wildman–Crippen MR) is 73.3 cm³/mol. The molecule has 0 aliphatic heterocycles. The van der Waals surface area contributed by atoms with Gasteiger partial charge in [-0.1, -0.05) is 23.7 Å². The molecule has 2 rings (SSSR count). The SMILES string of the molecule is CN(Cc1ccc(Cl)cc1)c1ccc(C=O)s1. The lowest BCUT2D eigenvalue weighted by molar-refractivity contribution is 0.112. The molecule has 0 aliphatic carbocycles. The zero-order chi connectivity index (χ0) is 12.3. The molecule has 0 bridgehead atoms. The molecule has 0 atom stereocenters. The van der Waals surface area contributed by atoms with Crippen LogP contribution in [0.5, 0.6) is 0 Å². The summed E-state index contributed by atoms with van der Waals surface area (Å²) in [5.41, 5.74) is 1.19. The monoisotopic (exact) mass is 265 g/mol. The van der Waals surface area contributed by atoms with E-state index in [1.165, 1.54) is 16.9 Å². The Labute approximate surface area is 109 Å². The van der Waals surface area contributed by atoms with Gasteiger partial charge in [-0.15, -0.1) is 11.3 Å². The minimum absolute atomic E-state index is 0.746. The molecule has 0 saturated heterocycles. The minimum Gasteiger partial charge on any atom is -0.362 e. The molecule has 0 fully saturated rings. The summed E-state index contributed by atoms with van der Waals surface area (Å²) in [7, 11) is 2.01. The maximum atomic E-state index is 10.6. The molecule has 1 aromatic heterocycles. The van der Waals surface area contributed by atoms with E-state index in [-0.39, 0.29) is 0 Å². The molecule has 0 aliphatic rings. The van der Waals surface area contributed by atoms with Crippen LogP contribution in [0.4, 0.5) is 5.00 Å². The Balaban J connectivity index is 2.08. The van der Waals surface area contributed by atoms with Gasteiger partial charge < -0.3 is 4.90 Å². The van der Waals surface area contributed by atoms with Gasteiger partial charge in [-0.05, 0) is 29.8 Å². The van der Waals surface area contributed by atoms with Gasteiger partial charge in [0, 0.05) is 18.6 Å². The molecule has 17 heavy (non-hydrogen) atoms. The smallest absolute Gasteiger partial charge is 0.160 e. The number of benzene rings is 1. The van der Waals surface area contributed by atoms with Crippen LogP contribution in [0.2, 0.25) is 5.02 Å². The van der Waals surface area contributed by atoms with Crippen molar-refractivity contribution in [3.8, 4) is 0 Å². The van der Waals surface area contributed by atoms with Crippen molar-refractivity contribution in [3.63, 3.8) is 0 Å². The van der Waals surface area contributed by atoms with E-state index in [1.807, 2.05) is 43.4 Å². The molecule has 88 valence electrons. The number of thiophene rings is 1. The second kappa shape index (κ2) is 5.34. The third-order valence-electron chi connectivity index (χ3n) is 2.44. The normalized spacial score (nSPS) is 10.2. The van der Waals surface area contributed by atoms with Crippen LogP contribution in [-0.2, 0) is 6.54 Å². The van der Waals surface area contributed by atoms with Crippen LogP contribution >= 0.6 is 22.9 Å². The van der Waals surface area contributed by atoms with Crippen LogP contribution in [0.3, 0.4) is 0 Å². The van der Waals surface area contributed by atoms with E-state index >= 15 is 0 Å². The van der Waals surface area contributed by atoms with Crippen molar-refractivity contribution in [2.24, 2.45) is 0 Å². The zero-order valence-electron chi connectivity index (χ0n) is 9.39. The van der Waals surface area contributed by atoms with Gasteiger partial charge in [0.15, 0.2) is 6.29 Å². The Morgan fingerprint density at radius 2 is 1.94 bits per heavy atom. The van der Waals surface area contributed by atoms with Gasteiger partial charge >= 0.3 is 0 Å². The van der Waals surface area contributed by atoms with Crippen LogP contribution in [-0.4, -0.2) is 13.3 Å². The van der Waals surface area contributed by atoms with Crippen molar-refractivity contribution in [3.05, 3.63) is 51.9 Å². The number of anilines is 1. The molecule has 2 aromatic rings. The quantitative estimate of drug-likeness (QED) is 0.783. The molecule has 0 unspecified atom stereocenters. The molecule has 0 saturated carbocycles. The second-order valence-electron chi connectivity index (χ2n) is 3.78. The number of hydrogen-bond donors (Lipinski definition) is 0. The highest BCUT2D eigenvalue weighted by Crippen LogP contribution is 2.25. The first-order valence-electron chi connectivity index (χ1n) is 5.19. The summed E-state index contributed by atoms with van der Waals surface area (Å²) >= 11 is 7.33. The van der Waals surface area contributed by atoms with E-state index in [1.54, 1.807) is 0 Å². The van der Waals surface area contributed by atoms with E-state index in [9.17, 15) is 4.79 Å². The van der Waals surface area contributed by atoms with E-state index < -0.39 is 0 Å². The fourth-order valence-corrected chi connectivity index (χ4v) is 2.46. The number of hydrogen-bond acceptors (Lipinski definition) is 3. The topological polar surface area (TPSA) is 20.3 Å². The van der Waals surface area contributed by atoms with Gasteiger partial charge in [-0.25, -0.2) is 0 Å². The molecule has 0 N–H and O–H groups in total. The summed E-state index contributed by atoms with van der Waals surface area (Å²) in [5, 5.41) is 1.83. The summed E-state index contributed by atoms with van der Waals surface area (Å²) in [4.78, 5) is 13.5. The molecule has 0 spiro atoms. The van der Waals surface area contributed by atoms with Crippen LogP contribution < -0.4 is 4.90 Å². The lowest BCUT2D eigenvalue weighted by atomic mass is 10.2. The highest BCUT2D eigenvalue weighted by molar-refractivity contribution is 7.17. The summed E-state index contributed by atoms with van der Waals surface area (Å²) in [6, 6.07) is 11.6. The third-order valence-corrected chi connectivity index (χ3v) is 3.81. The Morgan fingerprint density at radius 1 is 1.24 bits per heavy atom. The molecule has 4 heteroatoms. The largest absolute Gasteiger partial charge is 0.362 e. The Morgan fingerprint density at radius 3 is 2.53 bits per heavy atom. The number of halogens is 1. The van der Waals surface area contributed by atoms with Gasteiger partial charge in [0.1, 0.15) is 0 Å². The molecule has 1 aromatic carbocycles. The van der Waals surface area contributed by atoms with Crippen LogP contribution in [0.25, 0.3) is 0 Å². The highest BCUT2D eigenvalue weighted by atomic mass is 35.5. The molecule has 0 radical (unpaired) electrons. The molecule has 2 nitrogen and oxygen atoms in total. The number of carbonyl (C=O) groups is 1. The van der Waals surface area contributed by atoms with Gasteiger partial charge in [0.05, 0.1) is 9.88 Å². The summed E-state index contributed by atoms with van der Waals surface area (Å²) in [5.74, 6) is 0. The highest BCUT2D eigenvalue weighted by Gasteiger charge is 2.05. The Kier molecular flexibility index (Phi) is 3.82. The van der Waals surface area contributed by atoms with Crippen molar-refractivity contribution in [2.75, 3.05) is 11.9 Å². The zero-order valence-corrected chi connectivity index (χ0v) is 11.0. The minimum atomic E-state index is 0.746. The molecule has 1 heterocycles. The van der Waals surface area contributed by atoms with Crippen molar-refractivity contribution in [1.29, 1.82) is 0 Å². The van der Waals surface area contributed by atoms with Crippen molar-refractivity contribution >= 4 is 34.2 Å². The average molecular weight is 266 g/mol. The average Bonchev–Trinajstić information content (AvgIpc) is 2.81. The van der Waals surface area contributed by atoms with Crippen LogP contribution in [0.1, 0.15) is 15.2 Å². The fraction of sp³-hybridized carbons (Fsp3) is 0.154. The molecular weight excluding hydrogens is 254 g/mol. The third kappa shape index (κ3) is 3.08. The van der Waals surface area contributed by atoms with Crippen molar-refractivity contribution < 1.29 is 4.79 Å². The van der Waals surface area contributed by atoms with E-state index in [2.05, 4.69) is 4.90 Å². The summed E-state index contributed by atoms with van der Waals surface area (Å²) in [6.45, 7) is 0.802. The molecular formula is C13H12ClNOS. The predicted octanol–water partition coefficient (Wildman–Crippen LogP) is 3.85. The number of rotatable bonds is 4. The van der Waals surface area contributed by atoms with Gasteiger partial charge in [-0.3, -0.25) is 4.79 Å². The fourth-order valence-electron chi connectivity index (χ4n) is 1.55. The van der Waals surface area contributed by atoms with Gasteiger partial charge in [-0.2, -0.15) is 0 Å². The maximum absolute atomic E-state index is 10.6. The Hall–Kier alpha value is -1.32. The Bertz CT molecular complexity index is 506. The first kappa shape index (κ1) is 12.1. The second-order valence-corrected chi connectivity index (χ2v) is 5.31. The number of aldehydes is 1. The van der Waals surface area contributed by atoms with E-state index in [4.69, 9.17) is 11.6 Å². The van der Waals surface area contributed by atoms with Gasteiger partial charge in [0.2, 0.25) is 0 Å². The van der Waals surface area contributed by atoms with Crippen molar-refractivity contribution in [1.82, 2.24) is 0 Å².